The molecule has 0 aliphatic rings. The Kier molecular flexibility index (Phi) is 4.01. The lowest BCUT2D eigenvalue weighted by Gasteiger charge is -1.99. The smallest absolute Gasteiger partial charge is 0.222 e. The Hall–Kier alpha value is -1.48. The van der Waals surface area contributed by atoms with E-state index in [1.807, 2.05) is 25.1 Å². The van der Waals surface area contributed by atoms with Gasteiger partial charge in [0.2, 0.25) is 5.29 Å². The van der Waals surface area contributed by atoms with Crippen LogP contribution in [-0.2, 0) is 0 Å². The van der Waals surface area contributed by atoms with Crippen molar-refractivity contribution in [2.75, 3.05) is 0 Å². The van der Waals surface area contributed by atoms with Gasteiger partial charge < -0.3 is 0 Å². The zero-order valence-corrected chi connectivity index (χ0v) is 8.57. The van der Waals surface area contributed by atoms with Gasteiger partial charge in [0.25, 0.3) is 0 Å². The first-order valence-electron chi connectivity index (χ1n) is 4.05. The molecule has 0 saturated carbocycles. The average Bonchev–Trinajstić information content (AvgIpc) is 2.26. The molecule has 0 atom stereocenters. The molecule has 0 radical (unpaired) electrons. The third-order valence-corrected chi connectivity index (χ3v) is 1.78. The maximum atomic E-state index is 5.65. The molecule has 1 heterocycles. The lowest BCUT2D eigenvalue weighted by atomic mass is 10.2. The third-order valence-electron chi connectivity index (χ3n) is 1.57. The third kappa shape index (κ3) is 2.78. The highest BCUT2D eigenvalue weighted by atomic mass is 35.5. The number of amidine groups is 1. The van der Waals surface area contributed by atoms with Crippen LogP contribution < -0.4 is 0 Å². The second-order valence-corrected chi connectivity index (χ2v) is 2.79. The second-order valence-electron chi connectivity index (χ2n) is 2.45. The van der Waals surface area contributed by atoms with Gasteiger partial charge in [0, 0.05) is 18.0 Å². The Morgan fingerprint density at radius 3 is 2.93 bits per heavy atom. The van der Waals surface area contributed by atoms with Crippen LogP contribution in [0.3, 0.4) is 0 Å². The Morgan fingerprint density at radius 1 is 1.64 bits per heavy atom. The zero-order chi connectivity index (χ0) is 10.4. The SMILES string of the molecule is C=NC(Cl)=NC(=CC)c1cccnc1. The fourth-order valence-electron chi connectivity index (χ4n) is 0.945. The molecule has 1 aromatic heterocycles. The molecule has 0 fully saturated rings. The van der Waals surface area contributed by atoms with Crippen LogP contribution in [0.1, 0.15) is 12.5 Å². The Bertz CT molecular complexity index is 368. The molecule has 1 rings (SSSR count). The van der Waals surface area contributed by atoms with Crippen LogP contribution in [0, 0.1) is 0 Å². The van der Waals surface area contributed by atoms with Crippen LogP contribution >= 0.6 is 11.6 Å². The van der Waals surface area contributed by atoms with E-state index in [9.17, 15) is 0 Å². The maximum Gasteiger partial charge on any atom is 0.222 e. The number of aromatic nitrogens is 1. The van der Waals surface area contributed by atoms with Gasteiger partial charge in [-0.3, -0.25) is 4.98 Å². The molecule has 4 heteroatoms. The van der Waals surface area contributed by atoms with Crippen molar-refractivity contribution < 1.29 is 0 Å². The number of halogens is 1. The Labute approximate surface area is 87.9 Å². The summed E-state index contributed by atoms with van der Waals surface area (Å²) in [5, 5.41) is 0.127. The van der Waals surface area contributed by atoms with Crippen molar-refractivity contribution in [2.45, 2.75) is 6.92 Å². The van der Waals surface area contributed by atoms with E-state index in [2.05, 4.69) is 21.7 Å². The van der Waals surface area contributed by atoms with Crippen LogP contribution in [0.4, 0.5) is 0 Å². The fraction of sp³-hybridized carbons (Fsp3) is 0.100. The number of pyridine rings is 1. The van der Waals surface area contributed by atoms with Crippen molar-refractivity contribution in [3.05, 3.63) is 36.2 Å². The molecule has 0 amide bonds. The van der Waals surface area contributed by atoms with Gasteiger partial charge in [-0.25, -0.2) is 9.98 Å². The van der Waals surface area contributed by atoms with Crippen LogP contribution in [0.2, 0.25) is 0 Å². The Morgan fingerprint density at radius 2 is 2.43 bits per heavy atom. The van der Waals surface area contributed by atoms with Gasteiger partial charge in [-0.15, -0.1) is 0 Å². The number of aliphatic imine (C=N–C) groups is 2. The quantitative estimate of drug-likeness (QED) is 0.418. The first-order chi connectivity index (χ1) is 6.77. The highest BCUT2D eigenvalue weighted by molar-refractivity contribution is 6.65. The molecular formula is C10H10ClN3. The lowest BCUT2D eigenvalue weighted by molar-refractivity contribution is 1.29. The van der Waals surface area contributed by atoms with Crippen molar-refractivity contribution in [1.29, 1.82) is 0 Å². The zero-order valence-electron chi connectivity index (χ0n) is 7.81. The summed E-state index contributed by atoms with van der Waals surface area (Å²) >= 11 is 5.65. The first-order valence-corrected chi connectivity index (χ1v) is 4.43. The predicted molar refractivity (Wildman–Crippen MR) is 60.7 cm³/mol. The van der Waals surface area contributed by atoms with Gasteiger partial charge in [-0.1, -0.05) is 6.08 Å². The number of hydrogen-bond donors (Lipinski definition) is 0. The molecular weight excluding hydrogens is 198 g/mol. The van der Waals surface area contributed by atoms with Crippen molar-refractivity contribution in [2.24, 2.45) is 9.98 Å². The van der Waals surface area contributed by atoms with Crippen molar-refractivity contribution in [3.8, 4) is 0 Å². The van der Waals surface area contributed by atoms with E-state index in [0.717, 1.165) is 11.3 Å². The monoisotopic (exact) mass is 207 g/mol. The highest BCUT2D eigenvalue weighted by Crippen LogP contribution is 2.15. The molecule has 1 aromatic rings. The molecule has 72 valence electrons. The van der Waals surface area contributed by atoms with Crippen LogP contribution in [0.15, 0.2) is 40.6 Å². The largest absolute Gasteiger partial charge is 0.264 e. The van der Waals surface area contributed by atoms with Gasteiger partial charge in [0.15, 0.2) is 0 Å². The summed E-state index contributed by atoms with van der Waals surface area (Å²) in [7, 11) is 0. The molecule has 0 unspecified atom stereocenters. The highest BCUT2D eigenvalue weighted by Gasteiger charge is 1.98. The van der Waals surface area contributed by atoms with Crippen LogP contribution in [-0.4, -0.2) is 17.0 Å². The topological polar surface area (TPSA) is 37.6 Å². The summed E-state index contributed by atoms with van der Waals surface area (Å²) in [5.74, 6) is 0. The molecule has 0 saturated heterocycles. The van der Waals surface area contributed by atoms with E-state index in [1.165, 1.54) is 0 Å². The number of allylic oxidation sites excluding steroid dienone is 1. The van der Waals surface area contributed by atoms with Crippen LogP contribution in [0.5, 0.6) is 0 Å². The van der Waals surface area contributed by atoms with E-state index in [1.54, 1.807) is 12.4 Å². The molecule has 0 spiro atoms. The minimum absolute atomic E-state index is 0.127. The molecule has 0 N–H and O–H groups in total. The second kappa shape index (κ2) is 5.29. The fourth-order valence-corrected chi connectivity index (χ4v) is 1.04. The number of hydrogen-bond acceptors (Lipinski definition) is 2. The van der Waals surface area contributed by atoms with Crippen LogP contribution in [0.25, 0.3) is 5.70 Å². The van der Waals surface area contributed by atoms with E-state index in [0.29, 0.717) is 0 Å². The minimum Gasteiger partial charge on any atom is -0.264 e. The summed E-state index contributed by atoms with van der Waals surface area (Å²) in [5.41, 5.74) is 1.63. The predicted octanol–water partition coefficient (Wildman–Crippen LogP) is 2.74. The Balaban J connectivity index is 3.02. The summed E-state index contributed by atoms with van der Waals surface area (Å²) < 4.78 is 0. The van der Waals surface area contributed by atoms with E-state index in [-0.39, 0.29) is 5.29 Å². The average molecular weight is 208 g/mol. The van der Waals surface area contributed by atoms with Gasteiger partial charge in [0.05, 0.1) is 5.70 Å². The van der Waals surface area contributed by atoms with Crippen molar-refractivity contribution >= 4 is 29.3 Å². The molecule has 0 bridgehead atoms. The van der Waals surface area contributed by atoms with Gasteiger partial charge in [-0.05, 0) is 37.4 Å². The van der Waals surface area contributed by atoms with E-state index >= 15 is 0 Å². The summed E-state index contributed by atoms with van der Waals surface area (Å²) in [6, 6.07) is 3.74. The number of rotatable bonds is 2. The maximum absolute atomic E-state index is 5.65. The van der Waals surface area contributed by atoms with Gasteiger partial charge in [0.1, 0.15) is 0 Å². The van der Waals surface area contributed by atoms with Crippen molar-refractivity contribution in [3.63, 3.8) is 0 Å². The molecule has 0 aromatic carbocycles. The standard InChI is InChI=1S/C10H10ClN3/c1-3-9(14-10(11)12-2)8-5-4-6-13-7-8/h3-7H,2H2,1H3. The molecule has 0 aliphatic carbocycles. The molecule has 14 heavy (non-hydrogen) atoms. The first kappa shape index (κ1) is 10.6. The number of nitrogens with zero attached hydrogens (tertiary/aromatic N) is 3. The normalized spacial score (nSPS) is 12.7. The van der Waals surface area contributed by atoms with Gasteiger partial charge in [-0.2, -0.15) is 0 Å². The molecule has 3 nitrogen and oxygen atoms in total. The summed E-state index contributed by atoms with van der Waals surface area (Å²) in [4.78, 5) is 11.6. The lowest BCUT2D eigenvalue weighted by Crippen LogP contribution is -1.86. The van der Waals surface area contributed by atoms with E-state index < -0.39 is 0 Å². The minimum atomic E-state index is 0.127. The van der Waals surface area contributed by atoms with E-state index in [4.69, 9.17) is 11.6 Å². The van der Waals surface area contributed by atoms with Crippen molar-refractivity contribution in [1.82, 2.24) is 4.98 Å². The van der Waals surface area contributed by atoms with Gasteiger partial charge >= 0.3 is 0 Å². The summed E-state index contributed by atoms with van der Waals surface area (Å²) in [6.07, 6.45) is 5.25. The molecule has 0 aliphatic heterocycles. The summed E-state index contributed by atoms with van der Waals surface area (Å²) in [6.45, 7) is 5.16.